The van der Waals surface area contributed by atoms with E-state index < -0.39 is 27.9 Å². The summed E-state index contributed by atoms with van der Waals surface area (Å²) in [6.07, 6.45) is -0.306. The molecule has 3 rings (SSSR count). The number of carbonyl (C=O) groups is 2. The zero-order valence-corrected chi connectivity index (χ0v) is 15.2. The zero-order valence-electron chi connectivity index (χ0n) is 14.4. The molecule has 2 amide bonds. The molecule has 1 atom stereocenters. The van der Waals surface area contributed by atoms with Gasteiger partial charge in [-0.25, -0.2) is 13.1 Å². The van der Waals surface area contributed by atoms with Crippen molar-refractivity contribution in [3.05, 3.63) is 53.6 Å². The smallest absolute Gasteiger partial charge is 0.241 e. The fraction of sp³-hybridized carbons (Fsp3) is 0.222. The molecule has 7 nitrogen and oxygen atoms in total. The standard InChI is InChI=1S/C18H19N3O4S/c1-11-5-3-4-6-14(11)12(2)21-26(24,25)13-7-8-15-16(9-13)20-18(23)10-17(22)19-15/h3-9,12,21H,10H2,1-2H3,(H,19,22)(H,20,23)/t12-/m1/s1. The maximum atomic E-state index is 12.7. The highest BCUT2D eigenvalue weighted by atomic mass is 32.2. The summed E-state index contributed by atoms with van der Waals surface area (Å²) in [5, 5.41) is 5.11. The molecule has 26 heavy (non-hydrogen) atoms. The maximum absolute atomic E-state index is 12.7. The van der Waals surface area contributed by atoms with Gasteiger partial charge in [0.05, 0.1) is 16.3 Å². The van der Waals surface area contributed by atoms with E-state index in [4.69, 9.17) is 0 Å². The van der Waals surface area contributed by atoms with Gasteiger partial charge in [-0.05, 0) is 43.2 Å². The van der Waals surface area contributed by atoms with Crippen LogP contribution in [0.2, 0.25) is 0 Å². The first-order chi connectivity index (χ1) is 12.3. The summed E-state index contributed by atoms with van der Waals surface area (Å²) < 4.78 is 28.1. The molecule has 0 spiro atoms. The van der Waals surface area contributed by atoms with Crippen molar-refractivity contribution >= 4 is 33.2 Å². The van der Waals surface area contributed by atoms with E-state index in [1.165, 1.54) is 18.2 Å². The van der Waals surface area contributed by atoms with Gasteiger partial charge in [0.25, 0.3) is 0 Å². The Morgan fingerprint density at radius 2 is 1.65 bits per heavy atom. The van der Waals surface area contributed by atoms with Crippen molar-refractivity contribution < 1.29 is 18.0 Å². The molecule has 136 valence electrons. The number of sulfonamides is 1. The van der Waals surface area contributed by atoms with Gasteiger partial charge in [0.2, 0.25) is 21.8 Å². The lowest BCUT2D eigenvalue weighted by Crippen LogP contribution is -2.27. The van der Waals surface area contributed by atoms with Gasteiger partial charge in [-0.1, -0.05) is 24.3 Å². The number of anilines is 2. The highest BCUT2D eigenvalue weighted by Gasteiger charge is 2.23. The highest BCUT2D eigenvalue weighted by Crippen LogP contribution is 2.28. The predicted molar refractivity (Wildman–Crippen MR) is 98.2 cm³/mol. The number of aryl methyl sites for hydroxylation is 1. The third-order valence-electron chi connectivity index (χ3n) is 4.16. The Labute approximate surface area is 151 Å². The summed E-state index contributed by atoms with van der Waals surface area (Å²) in [6.45, 7) is 3.69. The second-order valence-corrected chi connectivity index (χ2v) is 7.89. The molecule has 0 saturated carbocycles. The number of benzene rings is 2. The molecular weight excluding hydrogens is 354 g/mol. The molecule has 0 fully saturated rings. The lowest BCUT2D eigenvalue weighted by molar-refractivity contribution is -0.123. The molecule has 0 saturated heterocycles. The minimum absolute atomic E-state index is 0.00753. The Hall–Kier alpha value is -2.71. The van der Waals surface area contributed by atoms with Crippen LogP contribution < -0.4 is 15.4 Å². The van der Waals surface area contributed by atoms with Crippen LogP contribution in [0.25, 0.3) is 0 Å². The van der Waals surface area contributed by atoms with Gasteiger partial charge in [-0.3, -0.25) is 9.59 Å². The monoisotopic (exact) mass is 373 g/mol. The SMILES string of the molecule is Cc1ccccc1[C@@H](C)NS(=O)(=O)c1ccc2c(c1)NC(=O)CC(=O)N2. The molecule has 0 aromatic heterocycles. The molecule has 1 heterocycles. The van der Waals surface area contributed by atoms with Crippen molar-refractivity contribution in [2.75, 3.05) is 10.6 Å². The van der Waals surface area contributed by atoms with E-state index in [-0.39, 0.29) is 17.0 Å². The molecule has 0 unspecified atom stereocenters. The lowest BCUT2D eigenvalue weighted by Gasteiger charge is -2.17. The van der Waals surface area contributed by atoms with Gasteiger partial charge >= 0.3 is 0 Å². The van der Waals surface area contributed by atoms with Gasteiger partial charge in [-0.2, -0.15) is 0 Å². The van der Waals surface area contributed by atoms with Crippen LogP contribution >= 0.6 is 0 Å². The minimum atomic E-state index is -3.81. The van der Waals surface area contributed by atoms with Crippen LogP contribution in [-0.2, 0) is 19.6 Å². The van der Waals surface area contributed by atoms with Crippen molar-refractivity contribution in [2.24, 2.45) is 0 Å². The Morgan fingerprint density at radius 1 is 1.00 bits per heavy atom. The number of hydrogen-bond donors (Lipinski definition) is 3. The van der Waals surface area contributed by atoms with Crippen molar-refractivity contribution in [1.82, 2.24) is 4.72 Å². The highest BCUT2D eigenvalue weighted by molar-refractivity contribution is 7.89. The molecule has 1 aliphatic heterocycles. The topological polar surface area (TPSA) is 104 Å². The lowest BCUT2D eigenvalue weighted by atomic mass is 10.0. The third kappa shape index (κ3) is 3.76. The first-order valence-electron chi connectivity index (χ1n) is 8.08. The summed E-state index contributed by atoms with van der Waals surface area (Å²) in [4.78, 5) is 23.3. The first-order valence-corrected chi connectivity index (χ1v) is 9.56. The quantitative estimate of drug-likeness (QED) is 0.715. The van der Waals surface area contributed by atoms with Crippen molar-refractivity contribution in [3.8, 4) is 0 Å². The average Bonchev–Trinajstić information content (AvgIpc) is 2.70. The Bertz CT molecular complexity index is 986. The normalized spacial score (nSPS) is 15.5. The predicted octanol–water partition coefficient (Wildman–Crippen LogP) is 2.32. The van der Waals surface area contributed by atoms with Crippen LogP contribution in [0.15, 0.2) is 47.4 Å². The van der Waals surface area contributed by atoms with Crippen LogP contribution in [0.4, 0.5) is 11.4 Å². The third-order valence-corrected chi connectivity index (χ3v) is 5.70. The van der Waals surface area contributed by atoms with Crippen molar-refractivity contribution in [2.45, 2.75) is 31.2 Å². The molecule has 0 aliphatic carbocycles. The van der Waals surface area contributed by atoms with Gasteiger partial charge in [0.1, 0.15) is 6.42 Å². The van der Waals surface area contributed by atoms with Crippen LogP contribution in [0.5, 0.6) is 0 Å². The van der Waals surface area contributed by atoms with Gasteiger partial charge < -0.3 is 10.6 Å². The van der Waals surface area contributed by atoms with E-state index in [1.54, 1.807) is 6.92 Å². The second kappa shape index (κ2) is 6.89. The summed E-state index contributed by atoms with van der Waals surface area (Å²) in [6, 6.07) is 11.3. The van der Waals surface area contributed by atoms with Gasteiger partial charge in [0, 0.05) is 6.04 Å². The Balaban J connectivity index is 1.89. The largest absolute Gasteiger partial charge is 0.324 e. The van der Waals surface area contributed by atoms with E-state index >= 15 is 0 Å². The van der Waals surface area contributed by atoms with E-state index in [9.17, 15) is 18.0 Å². The number of nitrogens with one attached hydrogen (secondary N) is 3. The number of amides is 2. The first kappa shape index (κ1) is 18.1. The van der Waals surface area contributed by atoms with Gasteiger partial charge in [0.15, 0.2) is 0 Å². The van der Waals surface area contributed by atoms with Crippen molar-refractivity contribution in [3.63, 3.8) is 0 Å². The molecule has 2 aromatic carbocycles. The average molecular weight is 373 g/mol. The molecule has 0 radical (unpaired) electrons. The van der Waals surface area contributed by atoms with Crippen LogP contribution in [0, 0.1) is 6.92 Å². The Morgan fingerprint density at radius 3 is 2.35 bits per heavy atom. The molecule has 3 N–H and O–H groups in total. The van der Waals surface area contributed by atoms with E-state index in [1.807, 2.05) is 31.2 Å². The number of carbonyl (C=O) groups excluding carboxylic acids is 2. The van der Waals surface area contributed by atoms with Crippen LogP contribution in [-0.4, -0.2) is 20.2 Å². The second-order valence-electron chi connectivity index (χ2n) is 6.18. The van der Waals surface area contributed by atoms with E-state index in [0.29, 0.717) is 5.69 Å². The molecule has 2 aromatic rings. The summed E-state index contributed by atoms with van der Waals surface area (Å²) >= 11 is 0. The summed E-state index contributed by atoms with van der Waals surface area (Å²) in [7, 11) is -3.81. The number of fused-ring (bicyclic) bond motifs is 1. The van der Waals surface area contributed by atoms with E-state index in [0.717, 1.165) is 11.1 Å². The maximum Gasteiger partial charge on any atom is 0.241 e. The minimum Gasteiger partial charge on any atom is -0.324 e. The zero-order chi connectivity index (χ0) is 18.9. The fourth-order valence-electron chi connectivity index (χ4n) is 2.87. The molecule has 8 heteroatoms. The fourth-order valence-corrected chi connectivity index (χ4v) is 4.12. The van der Waals surface area contributed by atoms with Crippen molar-refractivity contribution in [1.29, 1.82) is 0 Å². The number of hydrogen-bond acceptors (Lipinski definition) is 4. The molecule has 1 aliphatic rings. The summed E-state index contributed by atoms with van der Waals surface area (Å²) in [5.74, 6) is -0.930. The summed E-state index contributed by atoms with van der Waals surface area (Å²) in [5.41, 5.74) is 2.49. The molecular formula is C18H19N3O4S. The number of rotatable bonds is 4. The van der Waals surface area contributed by atoms with E-state index in [2.05, 4.69) is 15.4 Å². The van der Waals surface area contributed by atoms with Crippen LogP contribution in [0.1, 0.15) is 30.5 Å². The molecule has 0 bridgehead atoms. The van der Waals surface area contributed by atoms with Gasteiger partial charge in [-0.15, -0.1) is 0 Å². The Kier molecular flexibility index (Phi) is 4.80. The van der Waals surface area contributed by atoms with Crippen LogP contribution in [0.3, 0.4) is 0 Å².